The van der Waals surface area contributed by atoms with Gasteiger partial charge < -0.3 is 10.2 Å². The normalized spacial score (nSPS) is 19.7. The molecule has 1 aliphatic heterocycles. The summed E-state index contributed by atoms with van der Waals surface area (Å²) in [6.45, 7) is 3.06. The molecule has 0 spiro atoms. The van der Waals surface area contributed by atoms with Crippen LogP contribution in [0.2, 0.25) is 0 Å². The summed E-state index contributed by atoms with van der Waals surface area (Å²) in [5, 5.41) is 7.74. The van der Waals surface area contributed by atoms with Crippen LogP contribution in [0.3, 0.4) is 0 Å². The lowest BCUT2D eigenvalue weighted by atomic mass is 10.1. The molecule has 19 heavy (non-hydrogen) atoms. The van der Waals surface area contributed by atoms with E-state index in [1.54, 1.807) is 12.7 Å². The molecule has 1 unspecified atom stereocenters. The molecule has 100 valence electrons. The third-order valence-electron chi connectivity index (χ3n) is 3.50. The van der Waals surface area contributed by atoms with E-state index in [2.05, 4.69) is 51.6 Å². The van der Waals surface area contributed by atoms with Gasteiger partial charge in [0.2, 0.25) is 0 Å². The van der Waals surface area contributed by atoms with Crippen molar-refractivity contribution in [3.8, 4) is 0 Å². The van der Waals surface area contributed by atoms with Gasteiger partial charge in [-0.3, -0.25) is 0 Å². The summed E-state index contributed by atoms with van der Waals surface area (Å²) in [4.78, 5) is 6.32. The number of rotatable bonds is 4. The number of benzene rings is 1. The molecule has 2 aromatic rings. The highest BCUT2D eigenvalue weighted by Gasteiger charge is 2.18. The molecule has 1 aliphatic rings. The fourth-order valence-corrected chi connectivity index (χ4v) is 2.55. The molecule has 1 aromatic heterocycles. The zero-order valence-electron chi connectivity index (χ0n) is 11.2. The molecule has 1 saturated heterocycles. The van der Waals surface area contributed by atoms with Crippen molar-refractivity contribution in [2.75, 3.05) is 25.5 Å². The third kappa shape index (κ3) is 3.12. The van der Waals surface area contributed by atoms with Crippen LogP contribution in [0.1, 0.15) is 12.0 Å². The average molecular weight is 257 g/mol. The molecule has 0 amide bonds. The summed E-state index contributed by atoms with van der Waals surface area (Å²) in [6, 6.07) is 9.09. The zero-order valence-corrected chi connectivity index (χ0v) is 11.2. The van der Waals surface area contributed by atoms with E-state index in [9.17, 15) is 0 Å². The summed E-state index contributed by atoms with van der Waals surface area (Å²) in [5.41, 5.74) is 2.43. The van der Waals surface area contributed by atoms with Gasteiger partial charge in [-0.25, -0.2) is 9.67 Å². The Hall–Kier alpha value is -1.88. The molecular formula is C14H19N5. The quantitative estimate of drug-likeness (QED) is 0.900. The van der Waals surface area contributed by atoms with Crippen LogP contribution in [0.25, 0.3) is 0 Å². The van der Waals surface area contributed by atoms with E-state index in [-0.39, 0.29) is 0 Å². The van der Waals surface area contributed by atoms with Gasteiger partial charge in [-0.05, 0) is 37.7 Å². The highest BCUT2D eigenvalue weighted by atomic mass is 15.3. The van der Waals surface area contributed by atoms with E-state index in [1.807, 2.05) is 4.68 Å². The summed E-state index contributed by atoms with van der Waals surface area (Å²) < 4.78 is 1.84. The second-order valence-corrected chi connectivity index (χ2v) is 5.19. The Bertz CT molecular complexity index is 522. The smallest absolute Gasteiger partial charge is 0.137 e. The fraction of sp³-hybridized carbons (Fsp3) is 0.429. The molecular weight excluding hydrogens is 238 g/mol. The Morgan fingerprint density at radius 3 is 3.11 bits per heavy atom. The SMILES string of the molecule is CN1CCC(Nc2cccc(Cn3cncn3)c2)C1. The Labute approximate surface area is 113 Å². The van der Waals surface area contributed by atoms with Crippen LogP contribution in [0.5, 0.6) is 0 Å². The number of anilines is 1. The molecule has 0 aliphatic carbocycles. The number of likely N-dealkylation sites (N-methyl/N-ethyl adjacent to an activating group) is 1. The van der Waals surface area contributed by atoms with E-state index >= 15 is 0 Å². The second-order valence-electron chi connectivity index (χ2n) is 5.19. The van der Waals surface area contributed by atoms with E-state index in [0.29, 0.717) is 6.04 Å². The van der Waals surface area contributed by atoms with E-state index in [4.69, 9.17) is 0 Å². The highest BCUT2D eigenvalue weighted by Crippen LogP contribution is 2.16. The highest BCUT2D eigenvalue weighted by molar-refractivity contribution is 5.46. The van der Waals surface area contributed by atoms with Crippen LogP contribution in [0.15, 0.2) is 36.9 Å². The van der Waals surface area contributed by atoms with Crippen molar-refractivity contribution < 1.29 is 0 Å². The minimum absolute atomic E-state index is 0.562. The van der Waals surface area contributed by atoms with Gasteiger partial charge >= 0.3 is 0 Å². The summed E-state index contributed by atoms with van der Waals surface area (Å²) in [7, 11) is 2.17. The number of nitrogens with one attached hydrogen (secondary N) is 1. The molecule has 1 N–H and O–H groups in total. The van der Waals surface area contributed by atoms with Crippen molar-refractivity contribution in [3.63, 3.8) is 0 Å². The van der Waals surface area contributed by atoms with Crippen LogP contribution >= 0.6 is 0 Å². The number of likely N-dealkylation sites (tertiary alicyclic amines) is 1. The first-order chi connectivity index (χ1) is 9.29. The van der Waals surface area contributed by atoms with Crippen molar-refractivity contribution >= 4 is 5.69 Å². The van der Waals surface area contributed by atoms with E-state index in [1.165, 1.54) is 24.2 Å². The van der Waals surface area contributed by atoms with Crippen molar-refractivity contribution in [3.05, 3.63) is 42.5 Å². The summed E-state index contributed by atoms with van der Waals surface area (Å²) in [5.74, 6) is 0. The summed E-state index contributed by atoms with van der Waals surface area (Å²) >= 11 is 0. The summed E-state index contributed by atoms with van der Waals surface area (Å²) in [6.07, 6.45) is 4.52. The molecule has 1 aromatic carbocycles. The molecule has 5 heteroatoms. The van der Waals surface area contributed by atoms with E-state index in [0.717, 1.165) is 13.1 Å². The van der Waals surface area contributed by atoms with Crippen LogP contribution in [-0.2, 0) is 6.54 Å². The van der Waals surface area contributed by atoms with Crippen molar-refractivity contribution in [1.29, 1.82) is 0 Å². The molecule has 0 bridgehead atoms. The maximum absolute atomic E-state index is 4.13. The fourth-order valence-electron chi connectivity index (χ4n) is 2.55. The Morgan fingerprint density at radius 2 is 2.37 bits per heavy atom. The van der Waals surface area contributed by atoms with Gasteiger partial charge in [0.1, 0.15) is 12.7 Å². The van der Waals surface area contributed by atoms with Crippen LogP contribution in [0, 0.1) is 0 Å². The Balaban J connectivity index is 1.66. The molecule has 5 nitrogen and oxygen atoms in total. The molecule has 1 atom stereocenters. The van der Waals surface area contributed by atoms with Gasteiger partial charge in [0, 0.05) is 18.3 Å². The first kappa shape index (κ1) is 12.2. The third-order valence-corrected chi connectivity index (χ3v) is 3.50. The lowest BCUT2D eigenvalue weighted by molar-refractivity contribution is 0.414. The van der Waals surface area contributed by atoms with Gasteiger partial charge in [0.25, 0.3) is 0 Å². The Kier molecular flexibility index (Phi) is 3.46. The van der Waals surface area contributed by atoms with E-state index < -0.39 is 0 Å². The molecule has 0 radical (unpaired) electrons. The number of nitrogens with zero attached hydrogens (tertiary/aromatic N) is 4. The average Bonchev–Trinajstić information content (AvgIpc) is 3.02. The molecule has 3 rings (SSSR count). The number of aromatic nitrogens is 3. The standard InChI is InChI=1S/C14H19N5/c1-18-6-5-14(9-18)17-13-4-2-3-12(7-13)8-19-11-15-10-16-19/h2-4,7,10-11,14,17H,5-6,8-9H2,1H3. The first-order valence-corrected chi connectivity index (χ1v) is 6.66. The van der Waals surface area contributed by atoms with Gasteiger partial charge in [0.15, 0.2) is 0 Å². The lowest BCUT2D eigenvalue weighted by Gasteiger charge is -2.15. The predicted octanol–water partition coefficient (Wildman–Crippen LogP) is 1.44. The number of hydrogen-bond acceptors (Lipinski definition) is 4. The van der Waals surface area contributed by atoms with Crippen molar-refractivity contribution in [2.45, 2.75) is 19.0 Å². The topological polar surface area (TPSA) is 46.0 Å². The monoisotopic (exact) mass is 257 g/mol. The van der Waals surface area contributed by atoms with Gasteiger partial charge in [-0.1, -0.05) is 12.1 Å². The zero-order chi connectivity index (χ0) is 13.1. The Morgan fingerprint density at radius 1 is 1.42 bits per heavy atom. The number of hydrogen-bond donors (Lipinski definition) is 1. The predicted molar refractivity (Wildman–Crippen MR) is 75.1 cm³/mol. The maximum Gasteiger partial charge on any atom is 0.137 e. The minimum atomic E-state index is 0.562. The van der Waals surface area contributed by atoms with Crippen LogP contribution in [0.4, 0.5) is 5.69 Å². The maximum atomic E-state index is 4.13. The van der Waals surface area contributed by atoms with Crippen molar-refractivity contribution in [1.82, 2.24) is 19.7 Å². The largest absolute Gasteiger partial charge is 0.381 e. The van der Waals surface area contributed by atoms with Crippen molar-refractivity contribution in [2.24, 2.45) is 0 Å². The minimum Gasteiger partial charge on any atom is -0.381 e. The van der Waals surface area contributed by atoms with Gasteiger partial charge in [-0.2, -0.15) is 5.10 Å². The first-order valence-electron chi connectivity index (χ1n) is 6.66. The molecule has 2 heterocycles. The second kappa shape index (κ2) is 5.40. The van der Waals surface area contributed by atoms with Gasteiger partial charge in [-0.15, -0.1) is 0 Å². The van der Waals surface area contributed by atoms with Crippen LogP contribution in [-0.4, -0.2) is 45.8 Å². The lowest BCUT2D eigenvalue weighted by Crippen LogP contribution is -2.23. The molecule has 1 fully saturated rings. The van der Waals surface area contributed by atoms with Crippen LogP contribution < -0.4 is 5.32 Å². The molecule has 0 saturated carbocycles. The van der Waals surface area contributed by atoms with Gasteiger partial charge in [0.05, 0.1) is 6.54 Å².